The first-order valence-electron chi connectivity index (χ1n) is 8.17. The van der Waals surface area contributed by atoms with Crippen LogP contribution < -0.4 is 5.32 Å². The fraction of sp³-hybridized carbons (Fsp3) is 0.350. The molecular formula is C20H25NOS. The molecule has 122 valence electrons. The molecule has 0 fully saturated rings. The Hall–Kier alpha value is -1.74. The third kappa shape index (κ3) is 4.61. The van der Waals surface area contributed by atoms with Gasteiger partial charge >= 0.3 is 0 Å². The molecule has 0 aromatic heterocycles. The predicted octanol–water partition coefficient (Wildman–Crippen LogP) is 5.38. The maximum Gasteiger partial charge on any atom is 0.237 e. The molecule has 1 N–H and O–H groups in total. The average molecular weight is 327 g/mol. The lowest BCUT2D eigenvalue weighted by Gasteiger charge is -2.18. The molecule has 0 aliphatic rings. The van der Waals surface area contributed by atoms with Crippen LogP contribution in [0.1, 0.15) is 37.0 Å². The van der Waals surface area contributed by atoms with Crippen LogP contribution >= 0.6 is 11.8 Å². The van der Waals surface area contributed by atoms with E-state index in [0.29, 0.717) is 0 Å². The second kappa shape index (κ2) is 8.21. The first-order valence-corrected chi connectivity index (χ1v) is 9.05. The fourth-order valence-corrected chi connectivity index (χ4v) is 3.46. The van der Waals surface area contributed by atoms with Gasteiger partial charge < -0.3 is 5.32 Å². The summed E-state index contributed by atoms with van der Waals surface area (Å²) in [4.78, 5) is 13.8. The summed E-state index contributed by atoms with van der Waals surface area (Å²) < 4.78 is 0. The van der Waals surface area contributed by atoms with Crippen molar-refractivity contribution >= 4 is 23.4 Å². The van der Waals surface area contributed by atoms with E-state index < -0.39 is 0 Å². The zero-order chi connectivity index (χ0) is 16.8. The lowest BCUT2D eigenvalue weighted by molar-refractivity contribution is -0.115. The number of carbonyl (C=O) groups excluding carboxylic acids is 1. The standard InChI is InChI=1S/C20H25NOS/c1-5-16-9-7-8-15(4)19(16)21-20(22)18(6-2)23-17-12-10-14(3)11-13-17/h7-13,18H,5-6H2,1-4H3,(H,21,22). The van der Waals surface area contributed by atoms with Gasteiger partial charge in [-0.15, -0.1) is 11.8 Å². The smallest absolute Gasteiger partial charge is 0.237 e. The van der Waals surface area contributed by atoms with Crippen LogP contribution in [0.15, 0.2) is 47.4 Å². The molecule has 0 aliphatic heterocycles. The highest BCUT2D eigenvalue weighted by Crippen LogP contribution is 2.28. The van der Waals surface area contributed by atoms with Gasteiger partial charge in [-0.3, -0.25) is 4.79 Å². The minimum Gasteiger partial charge on any atom is -0.325 e. The minimum atomic E-state index is -0.0815. The highest BCUT2D eigenvalue weighted by atomic mass is 32.2. The number of anilines is 1. The maximum atomic E-state index is 12.7. The molecule has 0 aliphatic carbocycles. The van der Waals surface area contributed by atoms with Crippen LogP contribution in [-0.4, -0.2) is 11.2 Å². The molecule has 1 unspecified atom stereocenters. The van der Waals surface area contributed by atoms with E-state index in [1.165, 1.54) is 11.1 Å². The largest absolute Gasteiger partial charge is 0.325 e. The number of hydrogen-bond donors (Lipinski definition) is 1. The average Bonchev–Trinajstić information content (AvgIpc) is 2.56. The second-order valence-corrected chi connectivity index (χ2v) is 7.06. The van der Waals surface area contributed by atoms with Gasteiger partial charge in [-0.25, -0.2) is 0 Å². The Balaban J connectivity index is 2.13. The summed E-state index contributed by atoms with van der Waals surface area (Å²) in [5, 5.41) is 3.07. The number of amides is 1. The normalized spacial score (nSPS) is 12.0. The van der Waals surface area contributed by atoms with Gasteiger partial charge in [0.1, 0.15) is 0 Å². The van der Waals surface area contributed by atoms with Crippen LogP contribution in [0.2, 0.25) is 0 Å². The Morgan fingerprint density at radius 3 is 2.39 bits per heavy atom. The van der Waals surface area contributed by atoms with Crippen molar-refractivity contribution in [3.8, 4) is 0 Å². The lowest BCUT2D eigenvalue weighted by Crippen LogP contribution is -2.25. The van der Waals surface area contributed by atoms with Crippen LogP contribution in [0.5, 0.6) is 0 Å². The molecular weight excluding hydrogens is 302 g/mol. The van der Waals surface area contributed by atoms with Crippen molar-refractivity contribution in [3.63, 3.8) is 0 Å². The van der Waals surface area contributed by atoms with Crippen LogP contribution in [0.3, 0.4) is 0 Å². The van der Waals surface area contributed by atoms with Crippen LogP contribution in [0.25, 0.3) is 0 Å². The summed E-state index contributed by atoms with van der Waals surface area (Å²) in [6, 6.07) is 14.5. The highest BCUT2D eigenvalue weighted by Gasteiger charge is 2.19. The lowest BCUT2D eigenvalue weighted by atomic mass is 10.1. The van der Waals surface area contributed by atoms with Gasteiger partial charge in [0.2, 0.25) is 5.91 Å². The Bertz CT molecular complexity index is 664. The maximum absolute atomic E-state index is 12.7. The van der Waals surface area contributed by atoms with Gasteiger partial charge in [-0.05, 0) is 49.9 Å². The van der Waals surface area contributed by atoms with E-state index in [0.717, 1.165) is 29.0 Å². The molecule has 2 aromatic rings. The Labute approximate surface area is 143 Å². The van der Waals surface area contributed by atoms with Gasteiger partial charge in [-0.1, -0.05) is 49.7 Å². The van der Waals surface area contributed by atoms with Crippen LogP contribution in [0, 0.1) is 13.8 Å². The number of aryl methyl sites for hydroxylation is 3. The van der Waals surface area contributed by atoms with Crippen molar-refractivity contribution in [2.75, 3.05) is 5.32 Å². The third-order valence-electron chi connectivity index (χ3n) is 3.95. The molecule has 0 spiro atoms. The van der Waals surface area contributed by atoms with E-state index in [2.05, 4.69) is 56.4 Å². The Morgan fingerprint density at radius 2 is 1.78 bits per heavy atom. The van der Waals surface area contributed by atoms with Gasteiger partial charge in [0.25, 0.3) is 0 Å². The number of para-hydroxylation sites is 1. The van der Waals surface area contributed by atoms with Crippen molar-refractivity contribution in [1.29, 1.82) is 0 Å². The molecule has 23 heavy (non-hydrogen) atoms. The topological polar surface area (TPSA) is 29.1 Å². The number of thioether (sulfide) groups is 1. The molecule has 0 saturated heterocycles. The first kappa shape index (κ1) is 17.6. The molecule has 2 aromatic carbocycles. The SMILES string of the molecule is CCc1cccc(C)c1NC(=O)C(CC)Sc1ccc(C)cc1. The van der Waals surface area contributed by atoms with Crippen LogP contribution in [0.4, 0.5) is 5.69 Å². The molecule has 0 heterocycles. The third-order valence-corrected chi connectivity index (χ3v) is 5.33. The molecule has 2 rings (SSSR count). The van der Waals surface area contributed by atoms with Crippen molar-refractivity contribution in [1.82, 2.24) is 0 Å². The quantitative estimate of drug-likeness (QED) is 0.722. The van der Waals surface area contributed by atoms with Crippen molar-refractivity contribution < 1.29 is 4.79 Å². The van der Waals surface area contributed by atoms with Gasteiger partial charge in [0.15, 0.2) is 0 Å². The van der Waals surface area contributed by atoms with E-state index in [9.17, 15) is 4.79 Å². The number of hydrogen-bond acceptors (Lipinski definition) is 2. The summed E-state index contributed by atoms with van der Waals surface area (Å²) in [6.45, 7) is 8.29. The van der Waals surface area contributed by atoms with E-state index in [1.807, 2.05) is 19.1 Å². The fourth-order valence-electron chi connectivity index (χ4n) is 2.51. The number of rotatable bonds is 6. The van der Waals surface area contributed by atoms with Gasteiger partial charge in [0, 0.05) is 10.6 Å². The van der Waals surface area contributed by atoms with E-state index in [4.69, 9.17) is 0 Å². The molecule has 0 radical (unpaired) electrons. The monoisotopic (exact) mass is 327 g/mol. The van der Waals surface area contributed by atoms with E-state index >= 15 is 0 Å². The molecule has 2 nitrogen and oxygen atoms in total. The number of carbonyl (C=O) groups is 1. The predicted molar refractivity (Wildman–Crippen MR) is 100 cm³/mol. The summed E-state index contributed by atoms with van der Waals surface area (Å²) in [6.07, 6.45) is 1.72. The van der Waals surface area contributed by atoms with E-state index in [1.54, 1.807) is 11.8 Å². The minimum absolute atomic E-state index is 0.0815. The Morgan fingerprint density at radius 1 is 1.09 bits per heavy atom. The molecule has 0 saturated carbocycles. The van der Waals surface area contributed by atoms with Crippen LogP contribution in [-0.2, 0) is 11.2 Å². The van der Waals surface area contributed by atoms with Gasteiger partial charge in [0.05, 0.1) is 5.25 Å². The Kier molecular flexibility index (Phi) is 6.28. The molecule has 1 amide bonds. The summed E-state index contributed by atoms with van der Waals surface area (Å²) >= 11 is 1.63. The zero-order valence-electron chi connectivity index (χ0n) is 14.3. The van der Waals surface area contributed by atoms with Crippen molar-refractivity contribution in [3.05, 3.63) is 59.2 Å². The number of nitrogens with one attached hydrogen (secondary N) is 1. The molecule has 3 heteroatoms. The first-order chi connectivity index (χ1) is 11.0. The van der Waals surface area contributed by atoms with Crippen molar-refractivity contribution in [2.24, 2.45) is 0 Å². The molecule has 1 atom stereocenters. The second-order valence-electron chi connectivity index (χ2n) is 5.78. The summed E-state index contributed by atoms with van der Waals surface area (Å²) in [5.74, 6) is 0.0853. The van der Waals surface area contributed by atoms with Crippen molar-refractivity contribution in [2.45, 2.75) is 50.7 Å². The highest BCUT2D eigenvalue weighted by molar-refractivity contribution is 8.00. The molecule has 0 bridgehead atoms. The van der Waals surface area contributed by atoms with E-state index in [-0.39, 0.29) is 11.2 Å². The number of benzene rings is 2. The summed E-state index contributed by atoms with van der Waals surface area (Å²) in [5.41, 5.74) is 4.52. The van der Waals surface area contributed by atoms with Gasteiger partial charge in [-0.2, -0.15) is 0 Å². The summed E-state index contributed by atoms with van der Waals surface area (Å²) in [7, 11) is 0. The zero-order valence-corrected chi connectivity index (χ0v) is 15.2.